The number of hydrogen-bond donors (Lipinski definition) is 1. The van der Waals surface area contributed by atoms with Gasteiger partial charge in [0, 0.05) is 22.8 Å². The normalized spacial score (nSPS) is 10.6. The molecule has 0 aromatic heterocycles. The van der Waals surface area contributed by atoms with Crippen LogP contribution in [0.25, 0.3) is 0 Å². The van der Waals surface area contributed by atoms with Crippen molar-refractivity contribution in [2.45, 2.75) is 17.2 Å². The predicted octanol–water partition coefficient (Wildman–Crippen LogP) is 3.72. The van der Waals surface area contributed by atoms with E-state index >= 15 is 0 Å². The van der Waals surface area contributed by atoms with Gasteiger partial charge in [-0.05, 0) is 35.9 Å². The van der Waals surface area contributed by atoms with E-state index in [4.69, 9.17) is 10.5 Å². The van der Waals surface area contributed by atoms with Crippen molar-refractivity contribution in [2.75, 3.05) is 7.11 Å². The van der Waals surface area contributed by atoms with Crippen molar-refractivity contribution in [1.82, 2.24) is 0 Å². The van der Waals surface area contributed by atoms with Crippen molar-refractivity contribution in [2.24, 2.45) is 5.73 Å². The highest BCUT2D eigenvalue weighted by molar-refractivity contribution is 7.98. The van der Waals surface area contributed by atoms with E-state index in [9.17, 15) is 8.78 Å². The second-order valence-corrected chi connectivity index (χ2v) is 5.23. The molecule has 0 aliphatic rings. The molecule has 0 bridgehead atoms. The predicted molar refractivity (Wildman–Crippen MR) is 76.8 cm³/mol. The summed E-state index contributed by atoms with van der Waals surface area (Å²) in [6, 6.07) is 9.09. The van der Waals surface area contributed by atoms with E-state index in [-0.39, 0.29) is 0 Å². The van der Waals surface area contributed by atoms with Gasteiger partial charge < -0.3 is 10.5 Å². The van der Waals surface area contributed by atoms with E-state index in [0.29, 0.717) is 17.2 Å². The zero-order valence-electron chi connectivity index (χ0n) is 11.0. The Morgan fingerprint density at radius 3 is 2.65 bits per heavy atom. The van der Waals surface area contributed by atoms with Crippen molar-refractivity contribution >= 4 is 11.8 Å². The Morgan fingerprint density at radius 2 is 1.95 bits per heavy atom. The van der Waals surface area contributed by atoms with Gasteiger partial charge in [-0.15, -0.1) is 11.8 Å². The van der Waals surface area contributed by atoms with Crippen LogP contribution in [0.3, 0.4) is 0 Å². The molecule has 0 radical (unpaired) electrons. The number of halogens is 2. The van der Waals surface area contributed by atoms with Crippen LogP contribution in [0, 0.1) is 11.6 Å². The summed E-state index contributed by atoms with van der Waals surface area (Å²) in [7, 11) is 1.59. The topological polar surface area (TPSA) is 35.2 Å². The first kappa shape index (κ1) is 14.8. The summed E-state index contributed by atoms with van der Waals surface area (Å²) >= 11 is 1.25. The summed E-state index contributed by atoms with van der Waals surface area (Å²) in [5.41, 5.74) is 7.53. The van der Waals surface area contributed by atoms with E-state index in [0.717, 1.165) is 29.0 Å². The molecule has 0 saturated carbocycles. The van der Waals surface area contributed by atoms with Crippen molar-refractivity contribution in [3.8, 4) is 5.75 Å². The van der Waals surface area contributed by atoms with Gasteiger partial charge in [0.05, 0.1) is 7.11 Å². The first-order valence-corrected chi connectivity index (χ1v) is 7.06. The van der Waals surface area contributed by atoms with E-state index < -0.39 is 11.6 Å². The van der Waals surface area contributed by atoms with Crippen LogP contribution in [0.4, 0.5) is 8.78 Å². The second-order valence-electron chi connectivity index (χ2n) is 4.21. The molecule has 0 heterocycles. The van der Waals surface area contributed by atoms with Gasteiger partial charge in [-0.3, -0.25) is 0 Å². The largest absolute Gasteiger partial charge is 0.496 e. The van der Waals surface area contributed by atoms with Gasteiger partial charge in [0.25, 0.3) is 0 Å². The lowest BCUT2D eigenvalue weighted by Gasteiger charge is -2.09. The van der Waals surface area contributed by atoms with Gasteiger partial charge >= 0.3 is 0 Å². The van der Waals surface area contributed by atoms with E-state index in [1.165, 1.54) is 17.8 Å². The third-order valence-corrected chi connectivity index (χ3v) is 3.95. The summed E-state index contributed by atoms with van der Waals surface area (Å²) in [5, 5.41) is 0. The van der Waals surface area contributed by atoms with Gasteiger partial charge in [-0.2, -0.15) is 0 Å². The zero-order valence-corrected chi connectivity index (χ0v) is 11.8. The van der Waals surface area contributed by atoms with Gasteiger partial charge in [0.1, 0.15) is 17.4 Å². The number of benzene rings is 2. The van der Waals surface area contributed by atoms with Crippen LogP contribution in [0.2, 0.25) is 0 Å². The minimum Gasteiger partial charge on any atom is -0.496 e. The Kier molecular flexibility index (Phi) is 4.98. The van der Waals surface area contributed by atoms with E-state index in [1.54, 1.807) is 7.11 Å². The number of rotatable bonds is 5. The molecule has 5 heteroatoms. The van der Waals surface area contributed by atoms with Gasteiger partial charge in [-0.1, -0.05) is 6.07 Å². The molecule has 0 aliphatic heterocycles. The molecule has 2 aromatic carbocycles. The number of thioether (sulfide) groups is 1. The van der Waals surface area contributed by atoms with Crippen LogP contribution in [0.1, 0.15) is 11.1 Å². The molecule has 2 aromatic rings. The molecule has 0 unspecified atom stereocenters. The van der Waals surface area contributed by atoms with E-state index in [2.05, 4.69) is 0 Å². The van der Waals surface area contributed by atoms with E-state index in [1.807, 2.05) is 18.2 Å². The highest BCUT2D eigenvalue weighted by Crippen LogP contribution is 2.28. The number of methoxy groups -OCH3 is 1. The quantitative estimate of drug-likeness (QED) is 0.854. The molecule has 2 N–H and O–H groups in total. The minimum atomic E-state index is -0.439. The average molecular weight is 295 g/mol. The molecular formula is C15H15F2NOS. The summed E-state index contributed by atoms with van der Waals surface area (Å²) < 4.78 is 31.8. The zero-order chi connectivity index (χ0) is 14.5. The lowest BCUT2D eigenvalue weighted by atomic mass is 10.1. The van der Waals surface area contributed by atoms with Gasteiger partial charge in [0.15, 0.2) is 0 Å². The Balaban J connectivity index is 2.12. The van der Waals surface area contributed by atoms with Crippen LogP contribution in [0.5, 0.6) is 5.75 Å². The highest BCUT2D eigenvalue weighted by Gasteiger charge is 2.07. The molecule has 2 nitrogen and oxygen atoms in total. The lowest BCUT2D eigenvalue weighted by molar-refractivity contribution is 0.409. The summed E-state index contributed by atoms with van der Waals surface area (Å²) in [6.45, 7) is 0.371. The van der Waals surface area contributed by atoms with Crippen LogP contribution in [-0.4, -0.2) is 7.11 Å². The van der Waals surface area contributed by atoms with Crippen molar-refractivity contribution in [1.29, 1.82) is 0 Å². The monoisotopic (exact) mass is 295 g/mol. The molecule has 0 fully saturated rings. The maximum Gasteiger partial charge on any atom is 0.136 e. The molecule has 2 rings (SSSR count). The Bertz CT molecular complexity index is 604. The second kappa shape index (κ2) is 6.72. The first-order chi connectivity index (χ1) is 9.63. The molecule has 20 heavy (non-hydrogen) atoms. The third kappa shape index (κ3) is 3.49. The standard InChI is InChI=1S/C15H15F2NOS/c1-19-14-5-2-10(6-11(14)8-18)9-20-15-7-12(16)3-4-13(15)17/h2-7H,8-9,18H2,1H3. The maximum atomic E-state index is 13.5. The van der Waals surface area contributed by atoms with Gasteiger partial charge in [-0.25, -0.2) is 8.78 Å². The maximum absolute atomic E-state index is 13.5. The summed E-state index contributed by atoms with van der Waals surface area (Å²) in [4.78, 5) is 0.301. The Morgan fingerprint density at radius 1 is 1.15 bits per heavy atom. The van der Waals surface area contributed by atoms with Crippen molar-refractivity contribution < 1.29 is 13.5 Å². The number of nitrogens with two attached hydrogens (primary N) is 1. The van der Waals surface area contributed by atoms with Crippen LogP contribution in [-0.2, 0) is 12.3 Å². The van der Waals surface area contributed by atoms with Crippen LogP contribution in [0.15, 0.2) is 41.3 Å². The molecule has 0 atom stereocenters. The fourth-order valence-corrected chi connectivity index (χ4v) is 2.73. The molecule has 0 amide bonds. The molecular weight excluding hydrogens is 280 g/mol. The van der Waals surface area contributed by atoms with Crippen molar-refractivity contribution in [3.63, 3.8) is 0 Å². The fourth-order valence-electron chi connectivity index (χ4n) is 1.83. The SMILES string of the molecule is COc1ccc(CSc2cc(F)ccc2F)cc1CN. The number of ether oxygens (including phenoxy) is 1. The average Bonchev–Trinajstić information content (AvgIpc) is 2.47. The lowest BCUT2D eigenvalue weighted by Crippen LogP contribution is -2.00. The summed E-state index contributed by atoms with van der Waals surface area (Å²) in [5.74, 6) is 0.422. The van der Waals surface area contributed by atoms with Crippen LogP contribution < -0.4 is 10.5 Å². The van der Waals surface area contributed by atoms with Crippen LogP contribution >= 0.6 is 11.8 Å². The molecule has 0 spiro atoms. The number of hydrogen-bond acceptors (Lipinski definition) is 3. The smallest absolute Gasteiger partial charge is 0.136 e. The third-order valence-electron chi connectivity index (χ3n) is 2.85. The molecule has 106 valence electrons. The molecule has 0 aliphatic carbocycles. The highest BCUT2D eigenvalue weighted by atomic mass is 32.2. The Hall–Kier alpha value is -1.59. The Labute approximate surface area is 120 Å². The van der Waals surface area contributed by atoms with Gasteiger partial charge in [0.2, 0.25) is 0 Å². The molecule has 0 saturated heterocycles. The summed E-state index contributed by atoms with van der Waals surface area (Å²) in [6.07, 6.45) is 0. The van der Waals surface area contributed by atoms with Crippen molar-refractivity contribution in [3.05, 3.63) is 59.2 Å². The minimum absolute atomic E-state index is 0.301. The fraction of sp³-hybridized carbons (Fsp3) is 0.200. The first-order valence-electron chi connectivity index (χ1n) is 6.07.